The van der Waals surface area contributed by atoms with Crippen LogP contribution < -0.4 is 0 Å². The van der Waals surface area contributed by atoms with Crippen molar-refractivity contribution in [1.29, 1.82) is 0 Å². The Bertz CT molecular complexity index is 335. The first-order chi connectivity index (χ1) is 9.86. The Hall–Kier alpha value is -1.66. The molecule has 0 aliphatic carbocycles. The van der Waals surface area contributed by atoms with Gasteiger partial charge in [0, 0.05) is 38.1 Å². The first kappa shape index (κ1) is 21.6. The van der Waals surface area contributed by atoms with Crippen molar-refractivity contribution in [2.75, 3.05) is 26.9 Å². The number of rotatable bonds is 11. The van der Waals surface area contributed by atoms with Crippen molar-refractivity contribution in [3.63, 3.8) is 0 Å². The zero-order valence-electron chi connectivity index (χ0n) is 12.9. The molecule has 0 fully saturated rings. The van der Waals surface area contributed by atoms with Crippen LogP contribution in [-0.2, 0) is 19.1 Å². The van der Waals surface area contributed by atoms with Crippen LogP contribution in [0.15, 0.2) is 24.3 Å². The van der Waals surface area contributed by atoms with Gasteiger partial charge in [0.1, 0.15) is 0 Å². The Balaban J connectivity index is 0. The molecule has 0 unspecified atom stereocenters. The normalized spacial score (nSPS) is 9.43. The number of carboxylic acids is 2. The summed E-state index contributed by atoms with van der Waals surface area (Å²) in [6, 6.07) is 0. The summed E-state index contributed by atoms with van der Waals surface area (Å²) in [4.78, 5) is 20.4. The molecule has 0 bridgehead atoms. The molecule has 0 spiro atoms. The molecule has 6 nitrogen and oxygen atoms in total. The van der Waals surface area contributed by atoms with E-state index in [1.165, 1.54) is 0 Å². The molecule has 0 rings (SSSR count). The second kappa shape index (κ2) is 14.7. The molecule has 0 aromatic heterocycles. The highest BCUT2D eigenvalue weighted by atomic mass is 16.5. The summed E-state index contributed by atoms with van der Waals surface area (Å²) in [6.07, 6.45) is 2.47. The van der Waals surface area contributed by atoms with Crippen LogP contribution in [0.25, 0.3) is 0 Å². The van der Waals surface area contributed by atoms with Crippen molar-refractivity contribution >= 4 is 11.9 Å². The lowest BCUT2D eigenvalue weighted by atomic mass is 10.2. The standard InChI is InChI=1S/C8H14O3.C7H12O3/c1-3-11-6-4-5-7(2)8(9)10;1-6(7(8)9)4-3-5-10-2/h2-6H2,1H3,(H,9,10);1,3-5H2,2H3,(H,8,9). The average Bonchev–Trinajstić information content (AvgIpc) is 2.44. The van der Waals surface area contributed by atoms with Crippen LogP contribution in [0.1, 0.15) is 32.6 Å². The number of hydrogen-bond donors (Lipinski definition) is 2. The van der Waals surface area contributed by atoms with E-state index in [1.807, 2.05) is 6.92 Å². The van der Waals surface area contributed by atoms with Crippen LogP contribution in [0.3, 0.4) is 0 Å². The third-order valence-electron chi connectivity index (χ3n) is 2.40. The van der Waals surface area contributed by atoms with Gasteiger partial charge in [-0.1, -0.05) is 13.2 Å². The predicted molar refractivity (Wildman–Crippen MR) is 80.4 cm³/mol. The number of hydrogen-bond acceptors (Lipinski definition) is 4. The number of carboxylic acid groups (broad SMARTS) is 2. The zero-order valence-corrected chi connectivity index (χ0v) is 12.9. The van der Waals surface area contributed by atoms with Gasteiger partial charge in [-0.3, -0.25) is 0 Å². The van der Waals surface area contributed by atoms with Crippen LogP contribution in [0.4, 0.5) is 0 Å². The van der Waals surface area contributed by atoms with E-state index in [9.17, 15) is 9.59 Å². The first-order valence-electron chi connectivity index (χ1n) is 6.75. The van der Waals surface area contributed by atoms with E-state index in [1.54, 1.807) is 7.11 Å². The van der Waals surface area contributed by atoms with E-state index in [-0.39, 0.29) is 11.1 Å². The Morgan fingerprint density at radius 1 is 0.952 bits per heavy atom. The van der Waals surface area contributed by atoms with Crippen molar-refractivity contribution in [2.24, 2.45) is 0 Å². The lowest BCUT2D eigenvalue weighted by Gasteiger charge is -2.00. The Labute approximate surface area is 126 Å². The smallest absolute Gasteiger partial charge is 0.330 e. The van der Waals surface area contributed by atoms with Gasteiger partial charge in [-0.2, -0.15) is 0 Å². The molecule has 0 aliphatic rings. The van der Waals surface area contributed by atoms with Gasteiger partial charge in [0.25, 0.3) is 0 Å². The summed E-state index contributed by atoms with van der Waals surface area (Å²) in [5.41, 5.74) is 0.502. The lowest BCUT2D eigenvalue weighted by molar-refractivity contribution is -0.133. The minimum Gasteiger partial charge on any atom is -0.478 e. The third-order valence-corrected chi connectivity index (χ3v) is 2.40. The fraction of sp³-hybridized carbons (Fsp3) is 0.600. The Morgan fingerprint density at radius 3 is 1.71 bits per heavy atom. The van der Waals surface area contributed by atoms with Crippen LogP contribution in [0.5, 0.6) is 0 Å². The molecular formula is C15H26O6. The Morgan fingerprint density at radius 2 is 1.38 bits per heavy atom. The summed E-state index contributed by atoms with van der Waals surface area (Å²) in [5, 5.41) is 16.7. The minimum absolute atomic E-state index is 0.247. The summed E-state index contributed by atoms with van der Waals surface area (Å²) in [5.74, 6) is -1.84. The molecule has 2 N–H and O–H groups in total. The molecule has 0 heterocycles. The predicted octanol–water partition coefficient (Wildman–Crippen LogP) is 2.50. The molecule has 122 valence electrons. The van der Waals surface area contributed by atoms with Gasteiger partial charge in [-0.15, -0.1) is 0 Å². The fourth-order valence-electron chi connectivity index (χ4n) is 1.18. The Kier molecular flexibility index (Phi) is 15.2. The molecule has 0 aliphatic heterocycles. The van der Waals surface area contributed by atoms with Crippen molar-refractivity contribution in [3.05, 3.63) is 24.3 Å². The van der Waals surface area contributed by atoms with Crippen molar-refractivity contribution in [3.8, 4) is 0 Å². The lowest BCUT2D eigenvalue weighted by Crippen LogP contribution is -2.01. The fourth-order valence-corrected chi connectivity index (χ4v) is 1.18. The van der Waals surface area contributed by atoms with Gasteiger partial charge in [-0.25, -0.2) is 9.59 Å². The molecule has 0 atom stereocenters. The van der Waals surface area contributed by atoms with Crippen LogP contribution in [0, 0.1) is 0 Å². The molecule has 21 heavy (non-hydrogen) atoms. The number of ether oxygens (including phenoxy) is 2. The van der Waals surface area contributed by atoms with Crippen molar-refractivity contribution in [1.82, 2.24) is 0 Å². The number of aliphatic carboxylic acids is 2. The second-order valence-electron chi connectivity index (χ2n) is 4.21. The molecule has 0 aromatic rings. The summed E-state index contributed by atoms with van der Waals surface area (Å²) < 4.78 is 9.77. The third kappa shape index (κ3) is 16.3. The van der Waals surface area contributed by atoms with Crippen LogP contribution >= 0.6 is 0 Å². The van der Waals surface area contributed by atoms with E-state index in [0.29, 0.717) is 32.7 Å². The maximum atomic E-state index is 10.2. The van der Waals surface area contributed by atoms with E-state index in [0.717, 1.165) is 12.8 Å². The highest BCUT2D eigenvalue weighted by Gasteiger charge is 2.02. The van der Waals surface area contributed by atoms with Gasteiger partial charge >= 0.3 is 11.9 Å². The van der Waals surface area contributed by atoms with Gasteiger partial charge in [0.2, 0.25) is 0 Å². The monoisotopic (exact) mass is 302 g/mol. The number of carbonyl (C=O) groups is 2. The summed E-state index contributed by atoms with van der Waals surface area (Å²) >= 11 is 0. The molecule has 0 saturated heterocycles. The highest BCUT2D eigenvalue weighted by Crippen LogP contribution is 2.02. The van der Waals surface area contributed by atoms with E-state index in [2.05, 4.69) is 13.2 Å². The quantitative estimate of drug-likeness (QED) is 0.450. The van der Waals surface area contributed by atoms with Crippen molar-refractivity contribution < 1.29 is 29.3 Å². The number of methoxy groups -OCH3 is 1. The van der Waals surface area contributed by atoms with E-state index in [4.69, 9.17) is 19.7 Å². The maximum Gasteiger partial charge on any atom is 0.330 e. The molecule has 0 aromatic carbocycles. The summed E-state index contributed by atoms with van der Waals surface area (Å²) in [6.45, 7) is 10.6. The van der Waals surface area contributed by atoms with Gasteiger partial charge < -0.3 is 19.7 Å². The average molecular weight is 302 g/mol. The minimum atomic E-state index is -0.920. The molecule has 6 heteroatoms. The molecular weight excluding hydrogens is 276 g/mol. The van der Waals surface area contributed by atoms with E-state index < -0.39 is 11.9 Å². The van der Waals surface area contributed by atoms with Crippen LogP contribution in [-0.4, -0.2) is 49.1 Å². The van der Waals surface area contributed by atoms with Gasteiger partial charge in [0.05, 0.1) is 0 Å². The van der Waals surface area contributed by atoms with Crippen LogP contribution in [0.2, 0.25) is 0 Å². The highest BCUT2D eigenvalue weighted by molar-refractivity contribution is 5.85. The van der Waals surface area contributed by atoms with Crippen molar-refractivity contribution in [2.45, 2.75) is 32.6 Å². The first-order valence-corrected chi connectivity index (χ1v) is 6.75. The van der Waals surface area contributed by atoms with Gasteiger partial charge in [0.15, 0.2) is 0 Å². The molecule has 0 amide bonds. The topological polar surface area (TPSA) is 93.1 Å². The molecule has 0 saturated carbocycles. The largest absolute Gasteiger partial charge is 0.478 e. The maximum absolute atomic E-state index is 10.2. The van der Waals surface area contributed by atoms with Gasteiger partial charge in [-0.05, 0) is 32.6 Å². The molecule has 0 radical (unpaired) electrons. The SMILES string of the molecule is C=C(CCCOC)C(=O)O.C=C(CCCOCC)C(=O)O. The van der Waals surface area contributed by atoms with E-state index >= 15 is 0 Å². The zero-order chi connectivity index (χ0) is 16.7. The summed E-state index contributed by atoms with van der Waals surface area (Å²) in [7, 11) is 1.59. The second-order valence-corrected chi connectivity index (χ2v) is 4.21.